The highest BCUT2D eigenvalue weighted by Crippen LogP contribution is 2.42. The third-order valence-electron chi connectivity index (χ3n) is 7.47. The Kier molecular flexibility index (Phi) is 5.35. The van der Waals surface area contributed by atoms with Gasteiger partial charge < -0.3 is 9.88 Å². The predicted molar refractivity (Wildman–Crippen MR) is 168 cm³/mol. The number of hydrogen-bond acceptors (Lipinski definition) is 4. The Hall–Kier alpha value is -5.00. The van der Waals surface area contributed by atoms with Gasteiger partial charge in [0.2, 0.25) is 0 Å². The molecule has 8 rings (SSSR count). The number of para-hydroxylation sites is 1. The van der Waals surface area contributed by atoms with Gasteiger partial charge in [-0.2, -0.15) is 0 Å². The molecule has 5 aromatic carbocycles. The van der Waals surface area contributed by atoms with E-state index in [0.29, 0.717) is 0 Å². The summed E-state index contributed by atoms with van der Waals surface area (Å²) >= 11 is 1.75. The first-order valence-corrected chi connectivity index (χ1v) is 14.2. The van der Waals surface area contributed by atoms with E-state index in [9.17, 15) is 0 Å². The van der Waals surface area contributed by atoms with Crippen molar-refractivity contribution in [1.29, 1.82) is 0 Å². The predicted octanol–water partition coefficient (Wildman–Crippen LogP) is 8.66. The molecule has 7 aromatic rings. The first-order chi connectivity index (χ1) is 19.8. The summed E-state index contributed by atoms with van der Waals surface area (Å²) in [4.78, 5) is 10.4. The topological polar surface area (TPSA) is 42.2 Å². The lowest BCUT2D eigenvalue weighted by Gasteiger charge is -2.25. The second-order valence-electron chi connectivity index (χ2n) is 9.91. The lowest BCUT2D eigenvalue weighted by Crippen LogP contribution is -2.29. The summed E-state index contributed by atoms with van der Waals surface area (Å²) < 4.78 is 3.57. The number of amidine groups is 1. The smallest absolute Gasteiger partial charge is 0.149 e. The fraction of sp³-hybridized carbons (Fsp3) is 0.0286. The number of aliphatic imine (C=N–C) groups is 1. The van der Waals surface area contributed by atoms with Gasteiger partial charge in [-0.15, -0.1) is 11.3 Å². The van der Waals surface area contributed by atoms with Crippen LogP contribution < -0.4 is 5.32 Å². The fourth-order valence-corrected chi connectivity index (χ4v) is 6.74. The van der Waals surface area contributed by atoms with Gasteiger partial charge in [0.15, 0.2) is 0 Å². The van der Waals surface area contributed by atoms with Gasteiger partial charge in [0.05, 0.1) is 21.3 Å². The Morgan fingerprint density at radius 3 is 2.02 bits per heavy atom. The van der Waals surface area contributed by atoms with E-state index in [1.807, 2.05) is 18.2 Å². The molecule has 4 nitrogen and oxygen atoms in total. The Morgan fingerprint density at radius 2 is 1.27 bits per heavy atom. The lowest BCUT2D eigenvalue weighted by molar-refractivity contribution is 0.669. The standard InChI is InChI=1S/C35H24N4S/c1-4-12-23(13-5-1)29-22-31(38-34(36-29)24-14-6-2-7-15-24)39-30-19-11-10-18-26(30)27-20-21-28-33(32(27)39)40-35(37-28)25-16-8-3-9-17-25/h1-22,31H,(H,36,38). The highest BCUT2D eigenvalue weighted by molar-refractivity contribution is 7.22. The maximum Gasteiger partial charge on any atom is 0.149 e. The molecule has 3 heterocycles. The van der Waals surface area contributed by atoms with Crippen LogP contribution >= 0.6 is 11.3 Å². The molecule has 1 aliphatic rings. The second kappa shape index (κ2) is 9.33. The van der Waals surface area contributed by atoms with Crippen LogP contribution in [0.4, 0.5) is 0 Å². The average Bonchev–Trinajstić information content (AvgIpc) is 3.62. The van der Waals surface area contributed by atoms with Gasteiger partial charge in [-0.3, -0.25) is 0 Å². The van der Waals surface area contributed by atoms with Crippen molar-refractivity contribution in [3.05, 3.63) is 145 Å². The van der Waals surface area contributed by atoms with Crippen molar-refractivity contribution in [2.75, 3.05) is 0 Å². The van der Waals surface area contributed by atoms with Crippen molar-refractivity contribution in [2.24, 2.45) is 4.99 Å². The molecule has 1 aliphatic heterocycles. The van der Waals surface area contributed by atoms with Crippen molar-refractivity contribution in [2.45, 2.75) is 6.17 Å². The molecule has 1 atom stereocenters. The minimum Gasteiger partial charge on any atom is -0.340 e. The maximum atomic E-state index is 5.32. The van der Waals surface area contributed by atoms with Crippen LogP contribution in [-0.4, -0.2) is 15.4 Å². The highest BCUT2D eigenvalue weighted by atomic mass is 32.1. The maximum absolute atomic E-state index is 5.32. The van der Waals surface area contributed by atoms with E-state index < -0.39 is 0 Å². The van der Waals surface area contributed by atoms with Crippen LogP contribution in [0.3, 0.4) is 0 Å². The normalized spacial score (nSPS) is 15.2. The van der Waals surface area contributed by atoms with Crippen LogP contribution in [0.1, 0.15) is 17.3 Å². The molecule has 0 aliphatic carbocycles. The molecular weight excluding hydrogens is 508 g/mol. The van der Waals surface area contributed by atoms with Crippen molar-refractivity contribution in [3.63, 3.8) is 0 Å². The Balaban J connectivity index is 1.42. The molecule has 40 heavy (non-hydrogen) atoms. The third-order valence-corrected chi connectivity index (χ3v) is 8.60. The first-order valence-electron chi connectivity index (χ1n) is 13.4. The third kappa shape index (κ3) is 3.74. The van der Waals surface area contributed by atoms with Crippen molar-refractivity contribution in [3.8, 4) is 10.6 Å². The average molecular weight is 533 g/mol. The van der Waals surface area contributed by atoms with Gasteiger partial charge in [0, 0.05) is 27.6 Å². The molecule has 0 saturated carbocycles. The van der Waals surface area contributed by atoms with Crippen molar-refractivity contribution >= 4 is 54.9 Å². The minimum absolute atomic E-state index is 0.248. The van der Waals surface area contributed by atoms with Crippen LogP contribution in [0.2, 0.25) is 0 Å². The number of nitrogens with zero attached hydrogens (tertiary/aromatic N) is 3. The number of thiazole rings is 1. The van der Waals surface area contributed by atoms with E-state index in [0.717, 1.165) is 44.3 Å². The van der Waals surface area contributed by atoms with E-state index in [2.05, 4.69) is 125 Å². The van der Waals surface area contributed by atoms with E-state index in [-0.39, 0.29) is 6.17 Å². The zero-order valence-corrected chi connectivity index (χ0v) is 22.3. The Labute approximate surface area is 235 Å². The zero-order valence-electron chi connectivity index (χ0n) is 21.5. The summed E-state index contributed by atoms with van der Waals surface area (Å²) in [7, 11) is 0. The summed E-state index contributed by atoms with van der Waals surface area (Å²) in [5.74, 6) is 0.860. The van der Waals surface area contributed by atoms with Gasteiger partial charge >= 0.3 is 0 Å². The highest BCUT2D eigenvalue weighted by Gasteiger charge is 2.24. The Bertz CT molecular complexity index is 2010. The summed E-state index contributed by atoms with van der Waals surface area (Å²) in [6.07, 6.45) is 1.99. The molecule has 0 bridgehead atoms. The molecular formula is C35H24N4S. The van der Waals surface area contributed by atoms with E-state index in [4.69, 9.17) is 9.98 Å². The monoisotopic (exact) mass is 532 g/mol. The quantitative estimate of drug-likeness (QED) is 0.246. The van der Waals surface area contributed by atoms with Gasteiger partial charge in [-0.1, -0.05) is 109 Å². The molecule has 1 N–H and O–H groups in total. The van der Waals surface area contributed by atoms with Crippen LogP contribution in [0.5, 0.6) is 0 Å². The van der Waals surface area contributed by atoms with E-state index in [1.54, 1.807) is 11.3 Å². The van der Waals surface area contributed by atoms with Crippen molar-refractivity contribution < 1.29 is 0 Å². The second-order valence-corrected chi connectivity index (χ2v) is 10.9. The zero-order chi connectivity index (χ0) is 26.5. The largest absolute Gasteiger partial charge is 0.340 e. The summed E-state index contributed by atoms with van der Waals surface area (Å²) in [5, 5.41) is 7.09. The molecule has 2 aromatic heterocycles. The molecule has 190 valence electrons. The van der Waals surface area contributed by atoms with Gasteiger partial charge in [0.1, 0.15) is 17.0 Å². The number of hydrogen-bond donors (Lipinski definition) is 1. The Morgan fingerprint density at radius 1 is 0.625 bits per heavy atom. The number of fused-ring (bicyclic) bond motifs is 5. The molecule has 0 amide bonds. The summed E-state index contributed by atoms with van der Waals surface area (Å²) in [6.45, 7) is 0. The number of benzene rings is 5. The molecule has 1 unspecified atom stereocenters. The minimum atomic E-state index is -0.248. The molecule has 0 saturated heterocycles. The fourth-order valence-electron chi connectivity index (χ4n) is 5.63. The van der Waals surface area contributed by atoms with Crippen molar-refractivity contribution in [1.82, 2.24) is 14.9 Å². The van der Waals surface area contributed by atoms with Gasteiger partial charge in [0.25, 0.3) is 0 Å². The molecule has 0 fully saturated rings. The number of nitrogens with one attached hydrogen (secondary N) is 1. The summed E-state index contributed by atoms with van der Waals surface area (Å²) in [6, 6.07) is 44.3. The summed E-state index contributed by atoms with van der Waals surface area (Å²) in [5.41, 5.74) is 7.71. The molecule has 5 heteroatoms. The molecule has 0 radical (unpaired) electrons. The number of rotatable bonds is 4. The van der Waals surface area contributed by atoms with Gasteiger partial charge in [-0.05, 0) is 29.8 Å². The van der Waals surface area contributed by atoms with Crippen LogP contribution in [0.15, 0.2) is 138 Å². The van der Waals surface area contributed by atoms with Crippen LogP contribution in [-0.2, 0) is 0 Å². The number of aromatic nitrogens is 2. The van der Waals surface area contributed by atoms with Crippen LogP contribution in [0.25, 0.3) is 48.3 Å². The first kappa shape index (κ1) is 22.9. The van der Waals surface area contributed by atoms with E-state index in [1.165, 1.54) is 21.0 Å². The van der Waals surface area contributed by atoms with Gasteiger partial charge in [-0.25, -0.2) is 9.98 Å². The lowest BCUT2D eigenvalue weighted by atomic mass is 10.1. The molecule has 0 spiro atoms. The van der Waals surface area contributed by atoms with E-state index >= 15 is 0 Å². The van der Waals surface area contributed by atoms with Crippen LogP contribution in [0, 0.1) is 0 Å². The SMILES string of the molecule is C1=C(c2ccccc2)NC(c2ccccc2)=NC1n1c2ccccc2c2ccc3nc(-c4ccccc4)sc3c21.